The van der Waals surface area contributed by atoms with E-state index < -0.39 is 8.38 Å². The maximum atomic E-state index is 12.4. The van der Waals surface area contributed by atoms with Gasteiger partial charge in [-0.1, -0.05) is 63.6 Å². The van der Waals surface area contributed by atoms with E-state index in [2.05, 4.69) is 6.92 Å². The highest BCUT2D eigenvalue weighted by Crippen LogP contribution is 2.34. The fraction of sp³-hybridized carbons (Fsp3) is 0.556. The van der Waals surface area contributed by atoms with Crippen LogP contribution in [-0.4, -0.2) is 75.3 Å². The summed E-state index contributed by atoms with van der Waals surface area (Å²) in [5.74, 6) is 0.0485. The number of allylic oxidation sites excluding steroid dienone is 1. The summed E-state index contributed by atoms with van der Waals surface area (Å²) < 4.78 is 0. The molecule has 0 spiro atoms. The van der Waals surface area contributed by atoms with Crippen LogP contribution in [0.5, 0.6) is 0 Å². The second-order valence-corrected chi connectivity index (χ2v) is 10.7. The van der Waals surface area contributed by atoms with E-state index in [1.807, 2.05) is 39.0 Å². The quantitative estimate of drug-likeness (QED) is 0.198. The van der Waals surface area contributed by atoms with Crippen LogP contribution in [-0.2, 0) is 16.0 Å². The van der Waals surface area contributed by atoms with Crippen molar-refractivity contribution >= 4 is 25.2 Å². The minimum absolute atomic E-state index is 0.00546. The lowest BCUT2D eigenvalue weighted by molar-refractivity contribution is -0.117. The van der Waals surface area contributed by atoms with Gasteiger partial charge in [-0.2, -0.15) is 0 Å². The van der Waals surface area contributed by atoms with Crippen LogP contribution in [0.3, 0.4) is 0 Å². The highest BCUT2D eigenvalue weighted by molar-refractivity contribution is 7.54. The maximum absolute atomic E-state index is 12.4. The fourth-order valence-electron chi connectivity index (χ4n) is 4.47. The van der Waals surface area contributed by atoms with Crippen molar-refractivity contribution < 1.29 is 19.4 Å². The smallest absolute Gasteiger partial charge is 0.227 e. The summed E-state index contributed by atoms with van der Waals surface area (Å²) in [5.41, 5.74) is 2.99. The monoisotopic (exact) mass is 499 g/mol. The minimum Gasteiger partial charge on any atom is -0.365 e. The number of aryl methyl sites for hydroxylation is 1. The van der Waals surface area contributed by atoms with Crippen molar-refractivity contribution in [2.24, 2.45) is 0 Å². The predicted molar refractivity (Wildman–Crippen MR) is 139 cm³/mol. The Balaban J connectivity index is 0.000000165. The van der Waals surface area contributed by atoms with Gasteiger partial charge >= 0.3 is 0 Å². The molecule has 3 fully saturated rings. The van der Waals surface area contributed by atoms with Gasteiger partial charge in [0, 0.05) is 50.6 Å². The number of nitrogens with zero attached hydrogens (tertiary/aromatic N) is 3. The highest BCUT2D eigenvalue weighted by atomic mass is 31.2. The Morgan fingerprint density at radius 2 is 1.34 bits per heavy atom. The summed E-state index contributed by atoms with van der Waals surface area (Å²) in [6.45, 7) is 7.64. The van der Waals surface area contributed by atoms with Crippen molar-refractivity contribution in [1.82, 2.24) is 14.7 Å². The number of ketones is 2. The standard InChI is InChI=1S/C15H25O2P.C12H13N3O2/c1-2-3-4-5-6-7-8-11-14-12-9-10-13-15(14)18(16)17;16-9-7-8(13-1-2-13)12(17)11(15-5-6-15)10(9)14-3-4-14/h9-10,12-13,16-17H,2-8,11H2,1H3;7H,1-6H2. The van der Waals surface area contributed by atoms with Crippen LogP contribution >= 0.6 is 8.38 Å². The molecule has 0 amide bonds. The molecule has 0 unspecified atom stereocenters. The average molecular weight is 500 g/mol. The molecular weight excluding hydrogens is 461 g/mol. The van der Waals surface area contributed by atoms with Crippen molar-refractivity contribution in [2.75, 3.05) is 39.3 Å². The molecular formula is C27H38N3O4P. The average Bonchev–Trinajstić information content (AvgIpc) is 3.70. The molecule has 3 heterocycles. The van der Waals surface area contributed by atoms with Gasteiger partial charge in [-0.25, -0.2) is 0 Å². The predicted octanol–water partition coefficient (Wildman–Crippen LogP) is 3.08. The SMILES string of the molecule is CCCCCCCCCc1ccccc1P(O)O.O=C1C=C(N2CC2)C(=O)C(N2CC2)=C1N1CC1. The van der Waals surface area contributed by atoms with Crippen molar-refractivity contribution in [3.8, 4) is 0 Å². The van der Waals surface area contributed by atoms with Gasteiger partial charge in [0.25, 0.3) is 0 Å². The third-order valence-corrected chi connectivity index (χ3v) is 7.61. The number of carbonyl (C=O) groups excluding carboxylic acids is 2. The summed E-state index contributed by atoms with van der Waals surface area (Å²) >= 11 is 0. The van der Waals surface area contributed by atoms with Gasteiger partial charge in [0.15, 0.2) is 8.38 Å². The molecule has 0 aromatic heterocycles. The van der Waals surface area contributed by atoms with Crippen LogP contribution in [0.4, 0.5) is 0 Å². The van der Waals surface area contributed by atoms with Crippen molar-refractivity contribution in [3.05, 3.63) is 53.0 Å². The number of unbranched alkanes of at least 4 members (excludes halogenated alkanes) is 6. The number of benzene rings is 1. The molecule has 3 aliphatic heterocycles. The summed E-state index contributed by atoms with van der Waals surface area (Å²) in [5, 5.41) is 0.721. The Hall–Kier alpha value is -2.21. The molecule has 1 aromatic carbocycles. The van der Waals surface area contributed by atoms with Crippen LogP contribution < -0.4 is 5.30 Å². The van der Waals surface area contributed by atoms with E-state index in [1.165, 1.54) is 44.6 Å². The Bertz CT molecular complexity index is 978. The molecule has 35 heavy (non-hydrogen) atoms. The Morgan fingerprint density at radius 3 is 1.94 bits per heavy atom. The first kappa shape index (κ1) is 25.9. The van der Waals surface area contributed by atoms with E-state index in [1.54, 1.807) is 0 Å². The molecule has 0 atom stereocenters. The molecule has 7 nitrogen and oxygen atoms in total. The number of hydrogen-bond donors (Lipinski definition) is 2. The van der Waals surface area contributed by atoms with Gasteiger partial charge < -0.3 is 24.5 Å². The van der Waals surface area contributed by atoms with Crippen LogP contribution in [0.15, 0.2) is 47.4 Å². The van der Waals surface area contributed by atoms with Gasteiger partial charge in [0.1, 0.15) is 11.4 Å². The molecule has 0 radical (unpaired) electrons. The second-order valence-electron chi connectivity index (χ2n) is 9.67. The third-order valence-electron chi connectivity index (χ3n) is 6.74. The zero-order valence-corrected chi connectivity index (χ0v) is 21.7. The second kappa shape index (κ2) is 12.2. The molecule has 190 valence electrons. The van der Waals surface area contributed by atoms with E-state index in [9.17, 15) is 19.4 Å². The number of hydrogen-bond acceptors (Lipinski definition) is 7. The molecule has 4 aliphatic rings. The van der Waals surface area contributed by atoms with Crippen molar-refractivity contribution in [1.29, 1.82) is 0 Å². The van der Waals surface area contributed by atoms with Gasteiger partial charge in [0.05, 0.1) is 5.70 Å². The fourth-order valence-corrected chi connectivity index (χ4v) is 5.13. The first-order chi connectivity index (χ1) is 17.0. The largest absolute Gasteiger partial charge is 0.365 e. The summed E-state index contributed by atoms with van der Waals surface area (Å²) in [7, 11) is -1.95. The third kappa shape index (κ3) is 7.16. The number of Topliss-reactive ketones (excluding diaryl/α,β-unsaturated/α-hetero) is 1. The van der Waals surface area contributed by atoms with Crippen LogP contribution in [0.25, 0.3) is 0 Å². The molecule has 1 aliphatic carbocycles. The molecule has 1 aromatic rings. The first-order valence-electron chi connectivity index (χ1n) is 13.1. The minimum atomic E-state index is -1.95. The zero-order chi connectivity index (χ0) is 24.8. The summed E-state index contributed by atoms with van der Waals surface area (Å²) in [4.78, 5) is 49.1. The van der Waals surface area contributed by atoms with Gasteiger partial charge in [-0.05, 0) is 24.5 Å². The maximum Gasteiger partial charge on any atom is 0.227 e. The number of rotatable bonds is 12. The van der Waals surface area contributed by atoms with Crippen LogP contribution in [0.2, 0.25) is 0 Å². The Labute approximate surface area is 210 Å². The van der Waals surface area contributed by atoms with E-state index >= 15 is 0 Å². The topological polar surface area (TPSA) is 83.6 Å². The molecule has 8 heteroatoms. The Kier molecular flexibility index (Phi) is 8.99. The van der Waals surface area contributed by atoms with E-state index in [0.717, 1.165) is 63.0 Å². The lowest BCUT2D eigenvalue weighted by Crippen LogP contribution is -2.29. The molecule has 0 bridgehead atoms. The molecule has 2 N–H and O–H groups in total. The van der Waals surface area contributed by atoms with Crippen molar-refractivity contribution in [2.45, 2.75) is 58.3 Å². The lowest BCUT2D eigenvalue weighted by Gasteiger charge is -2.21. The summed E-state index contributed by atoms with van der Waals surface area (Å²) in [6.07, 6.45) is 11.5. The van der Waals surface area contributed by atoms with Gasteiger partial charge in [0.2, 0.25) is 11.6 Å². The zero-order valence-electron chi connectivity index (χ0n) is 20.8. The normalized spacial score (nSPS) is 18.6. The van der Waals surface area contributed by atoms with Gasteiger partial charge in [-0.15, -0.1) is 0 Å². The van der Waals surface area contributed by atoms with E-state index in [4.69, 9.17) is 0 Å². The molecule has 0 saturated carbocycles. The number of carbonyl (C=O) groups is 2. The molecule has 3 saturated heterocycles. The first-order valence-corrected chi connectivity index (χ1v) is 14.3. The van der Waals surface area contributed by atoms with Gasteiger partial charge in [-0.3, -0.25) is 9.59 Å². The van der Waals surface area contributed by atoms with E-state index in [0.29, 0.717) is 17.1 Å². The van der Waals surface area contributed by atoms with Crippen LogP contribution in [0, 0.1) is 0 Å². The highest BCUT2D eigenvalue weighted by Gasteiger charge is 2.43. The van der Waals surface area contributed by atoms with Crippen molar-refractivity contribution in [3.63, 3.8) is 0 Å². The lowest BCUT2D eigenvalue weighted by atomic mass is 10.0. The molecule has 5 rings (SSSR count). The summed E-state index contributed by atoms with van der Waals surface area (Å²) in [6, 6.07) is 7.67. The van der Waals surface area contributed by atoms with E-state index in [-0.39, 0.29) is 11.6 Å². The Morgan fingerprint density at radius 1 is 0.771 bits per heavy atom. The van der Waals surface area contributed by atoms with Crippen LogP contribution in [0.1, 0.15) is 57.4 Å².